The van der Waals surface area contributed by atoms with E-state index in [-0.39, 0.29) is 17.1 Å². The van der Waals surface area contributed by atoms with Gasteiger partial charge in [0.05, 0.1) is 0 Å². The summed E-state index contributed by atoms with van der Waals surface area (Å²) in [6, 6.07) is 6.04. The van der Waals surface area contributed by atoms with Gasteiger partial charge in [-0.05, 0) is 24.3 Å². The van der Waals surface area contributed by atoms with Gasteiger partial charge in [0.15, 0.2) is 11.5 Å². The maximum absolute atomic E-state index is 8.16. The summed E-state index contributed by atoms with van der Waals surface area (Å²) in [5.41, 5.74) is 0. The summed E-state index contributed by atoms with van der Waals surface area (Å²) in [4.78, 5) is 12.3. The molecule has 0 saturated carbocycles. The van der Waals surface area contributed by atoms with Gasteiger partial charge in [0, 0.05) is 17.1 Å². The molecule has 5 nitrogen and oxygen atoms in total. The van der Waals surface area contributed by atoms with Crippen LogP contribution in [0.3, 0.4) is 0 Å². The molecule has 1 aromatic carbocycles. The van der Waals surface area contributed by atoms with Crippen molar-refractivity contribution in [3.05, 3.63) is 24.3 Å². The van der Waals surface area contributed by atoms with E-state index in [1.54, 1.807) is 0 Å². The molecule has 6 heteroatoms. The average Bonchev–Trinajstić information content (AvgIpc) is 2.07. The second-order valence-corrected chi connectivity index (χ2v) is 1.74. The molecule has 67 valence electrons. The minimum Gasteiger partial charge on any atom is -0.340 e. The van der Waals surface area contributed by atoms with E-state index in [9.17, 15) is 0 Å². The molecule has 0 aliphatic heterocycles. The molecule has 0 aliphatic carbocycles. The topological polar surface area (TPSA) is 73.9 Å². The third kappa shape index (κ3) is 3.08. The van der Waals surface area contributed by atoms with Crippen LogP contribution >= 0.6 is 0 Å². The van der Waals surface area contributed by atoms with Crippen molar-refractivity contribution < 1.29 is 37.1 Å². The Balaban J connectivity index is 0.00000121. The zero-order chi connectivity index (χ0) is 8.10. The van der Waals surface area contributed by atoms with Gasteiger partial charge in [-0.3, -0.25) is 0 Å². The fourth-order valence-electron chi connectivity index (χ4n) is 0.612. The fraction of sp³-hybridized carbons (Fsp3) is 0. The number of rotatable bonds is 3. The quantitative estimate of drug-likeness (QED) is 0.438. The molecule has 0 aromatic heterocycles. The number of hydrogen-bond acceptors (Lipinski definition) is 5. The van der Waals surface area contributed by atoms with Crippen LogP contribution in [-0.2, 0) is 22.1 Å². The van der Waals surface area contributed by atoms with E-state index in [4.69, 9.17) is 5.26 Å². The van der Waals surface area contributed by atoms with Gasteiger partial charge in [-0.1, -0.05) is 4.99 Å². The molecule has 0 amide bonds. The monoisotopic (exact) mass is 212 g/mol. The first-order valence-electron chi connectivity index (χ1n) is 2.81. The van der Waals surface area contributed by atoms with Crippen molar-refractivity contribution >= 4 is 0 Å². The van der Waals surface area contributed by atoms with Gasteiger partial charge >= 0.3 is 0 Å². The first-order chi connectivity index (χ1) is 5.36. The van der Waals surface area contributed by atoms with Crippen LogP contribution in [0.2, 0.25) is 0 Å². The van der Waals surface area contributed by atoms with Crippen LogP contribution in [0.4, 0.5) is 0 Å². The predicted molar refractivity (Wildman–Crippen MR) is 35.6 cm³/mol. The fourth-order valence-corrected chi connectivity index (χ4v) is 0.612. The van der Waals surface area contributed by atoms with Crippen LogP contribution in [0.5, 0.6) is 11.5 Å². The Morgan fingerprint density at radius 3 is 2.00 bits per heavy atom. The molecule has 1 rings (SSSR count). The van der Waals surface area contributed by atoms with Crippen molar-refractivity contribution in [2.24, 2.45) is 5.90 Å². The van der Waals surface area contributed by atoms with Gasteiger partial charge in [0.1, 0.15) is 0 Å². The predicted octanol–water partition coefficient (Wildman–Crippen LogP) is 0.720. The Hall–Kier alpha value is -0.781. The Bertz CT molecular complexity index is 215. The average molecular weight is 212 g/mol. The van der Waals surface area contributed by atoms with Crippen molar-refractivity contribution in [3.8, 4) is 11.5 Å². The van der Waals surface area contributed by atoms with Crippen LogP contribution in [0.25, 0.3) is 0 Å². The Kier molecular flexibility index (Phi) is 5.44. The Morgan fingerprint density at radius 2 is 1.58 bits per heavy atom. The molecule has 0 unspecified atom stereocenters. The van der Waals surface area contributed by atoms with Crippen LogP contribution in [-0.4, -0.2) is 5.26 Å². The van der Waals surface area contributed by atoms with Gasteiger partial charge in [0.25, 0.3) is 0 Å². The van der Waals surface area contributed by atoms with Crippen molar-refractivity contribution in [3.63, 3.8) is 0 Å². The number of hydrogen-bond donors (Lipinski definition) is 2. The Labute approximate surface area is 79.3 Å². The third-order valence-electron chi connectivity index (χ3n) is 1.07. The summed E-state index contributed by atoms with van der Waals surface area (Å²) in [7, 11) is 0. The van der Waals surface area contributed by atoms with Crippen LogP contribution in [0.15, 0.2) is 24.3 Å². The van der Waals surface area contributed by atoms with E-state index >= 15 is 0 Å². The minimum absolute atomic E-state index is 0. The number of nitrogens with two attached hydrogens (primary N) is 1. The minimum atomic E-state index is 0. The van der Waals surface area contributed by atoms with Gasteiger partial charge in [-0.2, -0.15) is 5.90 Å². The van der Waals surface area contributed by atoms with Gasteiger partial charge in [-0.25, -0.2) is 5.26 Å². The molecule has 12 heavy (non-hydrogen) atoms. The summed E-state index contributed by atoms with van der Waals surface area (Å²) >= 11 is 0. The van der Waals surface area contributed by atoms with Gasteiger partial charge in [0.2, 0.25) is 0 Å². The molecule has 0 atom stereocenters. The van der Waals surface area contributed by atoms with E-state index in [1.165, 1.54) is 24.3 Å². The van der Waals surface area contributed by atoms with E-state index in [2.05, 4.69) is 20.7 Å². The molecule has 0 aliphatic rings. The van der Waals surface area contributed by atoms with Gasteiger partial charge < -0.3 is 9.78 Å². The summed E-state index contributed by atoms with van der Waals surface area (Å²) < 4.78 is 0. The van der Waals surface area contributed by atoms with E-state index in [0.717, 1.165) is 0 Å². The zero-order valence-corrected chi connectivity index (χ0v) is 7.12. The molecule has 0 bridgehead atoms. The number of benzene rings is 1. The summed E-state index contributed by atoms with van der Waals surface area (Å²) in [6.07, 6.45) is 0. The molecule has 0 spiro atoms. The molecule has 3 N–H and O–H groups in total. The van der Waals surface area contributed by atoms with Crippen LogP contribution < -0.4 is 15.7 Å². The SMILES string of the molecule is NOOc1ccc(OO)cc1.[Mn]. The molecule has 1 aromatic rings. The summed E-state index contributed by atoms with van der Waals surface area (Å²) in [5.74, 6) is 5.37. The van der Waals surface area contributed by atoms with Crippen LogP contribution in [0.1, 0.15) is 0 Å². The van der Waals surface area contributed by atoms with Crippen molar-refractivity contribution in [2.75, 3.05) is 0 Å². The van der Waals surface area contributed by atoms with E-state index in [0.29, 0.717) is 11.5 Å². The normalized spacial score (nSPS) is 8.50. The summed E-state index contributed by atoms with van der Waals surface area (Å²) in [6.45, 7) is 0. The second-order valence-electron chi connectivity index (χ2n) is 1.74. The molecule has 0 heterocycles. The zero-order valence-electron chi connectivity index (χ0n) is 5.94. The molecule has 0 fully saturated rings. The largest absolute Gasteiger partial charge is 0.340 e. The maximum atomic E-state index is 8.16. The summed E-state index contributed by atoms with van der Waals surface area (Å²) in [5, 5.41) is 8.16. The second kappa shape index (κ2) is 5.82. The maximum Gasteiger partial charge on any atom is 0.167 e. The van der Waals surface area contributed by atoms with Crippen molar-refractivity contribution in [1.82, 2.24) is 0 Å². The molecule has 1 radical (unpaired) electrons. The van der Waals surface area contributed by atoms with Crippen LogP contribution in [0, 0.1) is 0 Å². The Morgan fingerprint density at radius 1 is 1.08 bits per heavy atom. The third-order valence-corrected chi connectivity index (χ3v) is 1.07. The molecule has 0 saturated heterocycles. The first-order valence-corrected chi connectivity index (χ1v) is 2.81. The van der Waals surface area contributed by atoms with Crippen molar-refractivity contribution in [2.45, 2.75) is 0 Å². The first kappa shape index (κ1) is 11.2. The van der Waals surface area contributed by atoms with E-state index in [1.807, 2.05) is 0 Å². The standard InChI is InChI=1S/C6H7NO4.Mn/c7-11-10-6-3-1-5(9-8)2-4-6;/h1-4,8H,7H2;. The molecular formula is C6H7MnNO4. The molecular weight excluding hydrogens is 205 g/mol. The van der Waals surface area contributed by atoms with Crippen molar-refractivity contribution in [1.29, 1.82) is 0 Å². The van der Waals surface area contributed by atoms with E-state index < -0.39 is 0 Å². The van der Waals surface area contributed by atoms with Gasteiger partial charge in [-0.15, -0.1) is 0 Å². The smallest absolute Gasteiger partial charge is 0.167 e.